The number of hydrogen-bond donors (Lipinski definition) is 2. The second-order valence-electron chi connectivity index (χ2n) is 3.74. The van der Waals surface area contributed by atoms with Gasteiger partial charge in [-0.3, -0.25) is 9.69 Å². The van der Waals surface area contributed by atoms with Gasteiger partial charge in [0, 0.05) is 6.04 Å². The summed E-state index contributed by atoms with van der Waals surface area (Å²) in [5.74, 6) is -0.795. The third-order valence-corrected chi connectivity index (χ3v) is 2.54. The number of nitrogens with zero attached hydrogens (tertiary/aromatic N) is 1. The summed E-state index contributed by atoms with van der Waals surface area (Å²) >= 11 is 0. The molecular weight excluding hydrogens is 239 g/mol. The van der Waals surface area contributed by atoms with E-state index < -0.39 is 12.0 Å². The first kappa shape index (κ1) is 17.4. The molecule has 6 heteroatoms. The molecule has 2 unspecified atom stereocenters. The van der Waals surface area contributed by atoms with Crippen molar-refractivity contribution in [2.75, 3.05) is 13.1 Å². The van der Waals surface area contributed by atoms with E-state index in [4.69, 9.17) is 10.8 Å². The molecule has 1 heterocycles. The Labute approximate surface area is 103 Å². The van der Waals surface area contributed by atoms with E-state index in [1.165, 1.54) is 6.42 Å². The van der Waals surface area contributed by atoms with Crippen LogP contribution in [0.1, 0.15) is 26.2 Å². The predicted octanol–water partition coefficient (Wildman–Crippen LogP) is 1.12. The molecule has 0 aromatic rings. The Morgan fingerprint density at radius 2 is 1.73 bits per heavy atom. The minimum Gasteiger partial charge on any atom is -0.480 e. The van der Waals surface area contributed by atoms with Gasteiger partial charge >= 0.3 is 5.97 Å². The average molecular weight is 259 g/mol. The Kier molecular flexibility index (Phi) is 9.45. The van der Waals surface area contributed by atoms with Crippen molar-refractivity contribution < 1.29 is 9.90 Å². The first-order chi connectivity index (χ1) is 6.13. The fourth-order valence-corrected chi connectivity index (χ4v) is 1.91. The first-order valence-electron chi connectivity index (χ1n) is 4.85. The molecule has 0 saturated carbocycles. The Bertz CT molecular complexity index is 185. The van der Waals surface area contributed by atoms with E-state index in [0.717, 1.165) is 25.9 Å². The molecule has 1 rings (SSSR count). The number of carboxylic acid groups (broad SMARTS) is 1. The van der Waals surface area contributed by atoms with Gasteiger partial charge in [-0.2, -0.15) is 0 Å². The van der Waals surface area contributed by atoms with E-state index in [-0.39, 0.29) is 30.9 Å². The molecule has 92 valence electrons. The lowest BCUT2D eigenvalue weighted by Crippen LogP contribution is -2.52. The highest BCUT2D eigenvalue weighted by Crippen LogP contribution is 2.13. The zero-order valence-electron chi connectivity index (χ0n) is 8.89. The molecule has 0 aromatic heterocycles. The number of halogens is 2. The average Bonchev–Trinajstić information content (AvgIpc) is 2.04. The van der Waals surface area contributed by atoms with Crippen LogP contribution < -0.4 is 5.73 Å². The molecule has 15 heavy (non-hydrogen) atoms. The summed E-state index contributed by atoms with van der Waals surface area (Å²) in [5.41, 5.74) is 5.65. The molecule has 0 aliphatic carbocycles. The van der Waals surface area contributed by atoms with Crippen LogP contribution in [0.25, 0.3) is 0 Å². The third kappa shape index (κ3) is 5.02. The van der Waals surface area contributed by atoms with Crippen molar-refractivity contribution in [2.45, 2.75) is 38.3 Å². The third-order valence-electron chi connectivity index (χ3n) is 2.54. The van der Waals surface area contributed by atoms with E-state index in [1.807, 2.05) is 4.90 Å². The van der Waals surface area contributed by atoms with Crippen molar-refractivity contribution >= 4 is 30.8 Å². The van der Waals surface area contributed by atoms with Crippen molar-refractivity contribution in [1.29, 1.82) is 0 Å². The highest BCUT2D eigenvalue weighted by molar-refractivity contribution is 5.85. The van der Waals surface area contributed by atoms with Crippen LogP contribution in [0.4, 0.5) is 0 Å². The molecule has 1 saturated heterocycles. The largest absolute Gasteiger partial charge is 0.480 e. The molecule has 0 bridgehead atoms. The van der Waals surface area contributed by atoms with E-state index in [0.29, 0.717) is 0 Å². The van der Waals surface area contributed by atoms with Crippen LogP contribution in [0.5, 0.6) is 0 Å². The number of likely N-dealkylation sites (tertiary alicyclic amines) is 1. The highest BCUT2D eigenvalue weighted by atomic mass is 35.5. The maximum absolute atomic E-state index is 10.9. The Balaban J connectivity index is 0. The maximum Gasteiger partial charge on any atom is 0.322 e. The highest BCUT2D eigenvalue weighted by Gasteiger charge is 2.29. The lowest BCUT2D eigenvalue weighted by Gasteiger charge is -2.33. The van der Waals surface area contributed by atoms with Crippen molar-refractivity contribution in [1.82, 2.24) is 4.90 Å². The lowest BCUT2D eigenvalue weighted by atomic mass is 10.0. The maximum atomic E-state index is 10.9. The monoisotopic (exact) mass is 258 g/mol. The Hall–Kier alpha value is -0.0300. The number of aliphatic carboxylic acids is 1. The van der Waals surface area contributed by atoms with Gasteiger partial charge in [0.15, 0.2) is 0 Å². The molecule has 2 atom stereocenters. The van der Waals surface area contributed by atoms with E-state index in [1.54, 1.807) is 6.92 Å². The summed E-state index contributed by atoms with van der Waals surface area (Å²) in [6.07, 6.45) is 3.40. The number of carbonyl (C=O) groups is 1. The summed E-state index contributed by atoms with van der Waals surface area (Å²) in [4.78, 5) is 12.9. The minimum atomic E-state index is -0.795. The van der Waals surface area contributed by atoms with Crippen molar-refractivity contribution in [2.24, 2.45) is 5.73 Å². The fourth-order valence-electron chi connectivity index (χ4n) is 1.91. The standard InChI is InChI=1S/C9H18N2O2.2ClH/c1-7(10)8(9(12)13)11-5-3-2-4-6-11;;/h7-8H,2-6,10H2,1H3,(H,12,13);2*1H. The summed E-state index contributed by atoms with van der Waals surface area (Å²) in [7, 11) is 0. The topological polar surface area (TPSA) is 66.6 Å². The van der Waals surface area contributed by atoms with Gasteiger partial charge in [0.2, 0.25) is 0 Å². The quantitative estimate of drug-likeness (QED) is 0.797. The van der Waals surface area contributed by atoms with Gasteiger partial charge < -0.3 is 10.8 Å². The summed E-state index contributed by atoms with van der Waals surface area (Å²) < 4.78 is 0. The molecule has 3 N–H and O–H groups in total. The molecule has 0 radical (unpaired) electrons. The van der Waals surface area contributed by atoms with Crippen LogP contribution >= 0.6 is 24.8 Å². The van der Waals surface area contributed by atoms with Gasteiger partial charge in [0.1, 0.15) is 6.04 Å². The summed E-state index contributed by atoms with van der Waals surface area (Å²) in [6.45, 7) is 3.50. The van der Waals surface area contributed by atoms with Crippen molar-refractivity contribution in [3.8, 4) is 0 Å². The number of rotatable bonds is 3. The van der Waals surface area contributed by atoms with E-state index >= 15 is 0 Å². The zero-order chi connectivity index (χ0) is 9.84. The number of piperidine rings is 1. The van der Waals surface area contributed by atoms with Gasteiger partial charge in [-0.25, -0.2) is 0 Å². The van der Waals surface area contributed by atoms with Gasteiger partial charge in [-0.1, -0.05) is 6.42 Å². The summed E-state index contributed by atoms with van der Waals surface area (Å²) in [6, 6.07) is -0.795. The van der Waals surface area contributed by atoms with Crippen LogP contribution in [0, 0.1) is 0 Å². The van der Waals surface area contributed by atoms with E-state index in [9.17, 15) is 4.79 Å². The molecular formula is C9H20Cl2N2O2. The second-order valence-corrected chi connectivity index (χ2v) is 3.74. The molecule has 4 nitrogen and oxygen atoms in total. The smallest absolute Gasteiger partial charge is 0.322 e. The zero-order valence-corrected chi connectivity index (χ0v) is 10.5. The van der Waals surface area contributed by atoms with Crippen molar-refractivity contribution in [3.05, 3.63) is 0 Å². The van der Waals surface area contributed by atoms with Crippen LogP contribution in [0.2, 0.25) is 0 Å². The fraction of sp³-hybridized carbons (Fsp3) is 0.889. The van der Waals surface area contributed by atoms with Gasteiger partial charge in [0.05, 0.1) is 0 Å². The normalized spacial score (nSPS) is 20.7. The Morgan fingerprint density at radius 3 is 2.07 bits per heavy atom. The first-order valence-corrected chi connectivity index (χ1v) is 4.85. The molecule has 0 amide bonds. The van der Waals surface area contributed by atoms with Crippen LogP contribution in [0.15, 0.2) is 0 Å². The minimum absolute atomic E-state index is 0. The molecule has 0 aromatic carbocycles. The van der Waals surface area contributed by atoms with Gasteiger partial charge in [-0.05, 0) is 32.9 Å². The van der Waals surface area contributed by atoms with Gasteiger partial charge in [-0.15, -0.1) is 24.8 Å². The van der Waals surface area contributed by atoms with Gasteiger partial charge in [0.25, 0.3) is 0 Å². The van der Waals surface area contributed by atoms with Crippen molar-refractivity contribution in [3.63, 3.8) is 0 Å². The molecule has 0 spiro atoms. The van der Waals surface area contributed by atoms with E-state index in [2.05, 4.69) is 0 Å². The van der Waals surface area contributed by atoms with Crippen LogP contribution in [-0.4, -0.2) is 41.1 Å². The Morgan fingerprint density at radius 1 is 1.27 bits per heavy atom. The van der Waals surface area contributed by atoms with Crippen LogP contribution in [0.3, 0.4) is 0 Å². The molecule has 1 aliphatic rings. The molecule has 1 aliphatic heterocycles. The lowest BCUT2D eigenvalue weighted by molar-refractivity contribution is -0.144. The number of carboxylic acids is 1. The molecule has 1 fully saturated rings. The number of hydrogen-bond acceptors (Lipinski definition) is 3. The second kappa shape index (κ2) is 8.16. The SMILES string of the molecule is CC(N)C(C(=O)O)N1CCCCC1.Cl.Cl. The number of nitrogens with two attached hydrogens (primary N) is 1. The van der Waals surface area contributed by atoms with Crippen LogP contribution in [-0.2, 0) is 4.79 Å². The predicted molar refractivity (Wildman–Crippen MR) is 65.0 cm³/mol. The summed E-state index contributed by atoms with van der Waals surface area (Å²) in [5, 5.41) is 8.97.